The Kier molecular flexibility index (Phi) is 7.01. The monoisotopic (exact) mass is 393 g/mol. The van der Waals surface area contributed by atoms with Gasteiger partial charge in [-0.05, 0) is 31.7 Å². The molecule has 1 aromatic heterocycles. The van der Waals surface area contributed by atoms with Gasteiger partial charge < -0.3 is 15.0 Å². The van der Waals surface area contributed by atoms with E-state index in [4.69, 9.17) is 4.74 Å². The molecule has 0 bridgehead atoms. The van der Waals surface area contributed by atoms with Gasteiger partial charge in [0.2, 0.25) is 5.91 Å². The molecule has 7 nitrogen and oxygen atoms in total. The molecule has 1 aromatic rings. The van der Waals surface area contributed by atoms with Crippen LogP contribution in [0.25, 0.3) is 0 Å². The Morgan fingerprint density at radius 2 is 2.11 bits per heavy atom. The second-order valence-corrected chi connectivity index (χ2v) is 7.66. The lowest BCUT2D eigenvalue weighted by atomic mass is 9.80. The van der Waals surface area contributed by atoms with E-state index < -0.39 is 5.41 Å². The molecule has 2 atom stereocenters. The van der Waals surface area contributed by atoms with E-state index in [0.29, 0.717) is 56.8 Å². The third-order valence-corrected chi connectivity index (χ3v) is 5.59. The van der Waals surface area contributed by atoms with Crippen LogP contribution < -0.4 is 5.32 Å². The van der Waals surface area contributed by atoms with Crippen LogP contribution in [0.4, 0.5) is 5.82 Å². The number of hydrogen-bond acceptors (Lipinski definition) is 6. The molecule has 3 heterocycles. The zero-order valence-corrected chi connectivity index (χ0v) is 17.0. The summed E-state index contributed by atoms with van der Waals surface area (Å²) in [4.78, 5) is 23.6. The third-order valence-electron chi connectivity index (χ3n) is 5.59. The summed E-state index contributed by atoms with van der Waals surface area (Å²) in [7, 11) is 0. The van der Waals surface area contributed by atoms with Crippen molar-refractivity contribution in [1.29, 1.82) is 5.26 Å². The molecule has 1 amide bonds. The van der Waals surface area contributed by atoms with Crippen LogP contribution in [0, 0.1) is 35.5 Å². The van der Waals surface area contributed by atoms with E-state index >= 15 is 0 Å². The Hall–Kier alpha value is -1.91. The van der Waals surface area contributed by atoms with Crippen molar-refractivity contribution in [3.8, 4) is 6.07 Å². The maximum absolute atomic E-state index is 13.2. The Morgan fingerprint density at radius 1 is 1.41 bits per heavy atom. The van der Waals surface area contributed by atoms with Crippen LogP contribution in [0.15, 0.2) is 12.3 Å². The number of carbonyl (C=O) groups excluding carboxylic acids is 1. The summed E-state index contributed by atoms with van der Waals surface area (Å²) in [6, 6.07) is 4.26. The molecule has 0 spiro atoms. The highest BCUT2D eigenvalue weighted by Gasteiger charge is 2.47. The number of likely N-dealkylation sites (tertiary alicyclic amines) is 1. The summed E-state index contributed by atoms with van der Waals surface area (Å²) >= 11 is 0. The first-order valence-corrected chi connectivity index (χ1v) is 9.30. The number of rotatable bonds is 4. The van der Waals surface area contributed by atoms with E-state index in [1.165, 1.54) is 0 Å². The molecule has 148 valence electrons. The number of aryl methyl sites for hydroxylation is 1. The predicted molar refractivity (Wildman–Crippen MR) is 104 cm³/mol. The van der Waals surface area contributed by atoms with Crippen molar-refractivity contribution >= 4 is 24.1 Å². The fourth-order valence-corrected chi connectivity index (χ4v) is 3.95. The summed E-state index contributed by atoms with van der Waals surface area (Å²) in [5.41, 5.74) is -0.930. The summed E-state index contributed by atoms with van der Waals surface area (Å²) < 4.78 is 5.36. The number of ether oxygens (including phenoxy) is 1. The number of anilines is 1. The number of hydrogen-bond donors (Lipinski definition) is 1. The summed E-state index contributed by atoms with van der Waals surface area (Å²) in [6.45, 7) is 8.42. The highest BCUT2D eigenvalue weighted by Crippen LogP contribution is 2.35. The maximum atomic E-state index is 13.2. The molecular formula is C19H28ClN5O2. The highest BCUT2D eigenvalue weighted by molar-refractivity contribution is 5.86. The van der Waals surface area contributed by atoms with Gasteiger partial charge in [0.1, 0.15) is 17.1 Å². The Labute approximate surface area is 166 Å². The molecule has 1 N–H and O–H groups in total. The Bertz CT molecular complexity index is 700. The molecule has 8 heteroatoms. The van der Waals surface area contributed by atoms with Crippen molar-refractivity contribution in [2.75, 3.05) is 31.6 Å². The second kappa shape index (κ2) is 8.85. The van der Waals surface area contributed by atoms with Gasteiger partial charge >= 0.3 is 0 Å². The van der Waals surface area contributed by atoms with Crippen LogP contribution in [0.5, 0.6) is 0 Å². The molecule has 3 rings (SSSR count). The van der Waals surface area contributed by atoms with Crippen molar-refractivity contribution in [1.82, 2.24) is 14.9 Å². The van der Waals surface area contributed by atoms with Crippen molar-refractivity contribution in [3.63, 3.8) is 0 Å². The first-order valence-electron chi connectivity index (χ1n) is 9.30. The maximum Gasteiger partial charge on any atom is 0.243 e. The number of nitriles is 1. The third kappa shape index (κ3) is 4.50. The Morgan fingerprint density at radius 3 is 2.70 bits per heavy atom. The van der Waals surface area contributed by atoms with Crippen LogP contribution in [0.3, 0.4) is 0 Å². The molecule has 2 aliphatic rings. The van der Waals surface area contributed by atoms with Gasteiger partial charge in [-0.2, -0.15) is 5.26 Å². The summed E-state index contributed by atoms with van der Waals surface area (Å²) in [5.74, 6) is 2.18. The van der Waals surface area contributed by atoms with Gasteiger partial charge in [0.25, 0.3) is 0 Å². The van der Waals surface area contributed by atoms with Gasteiger partial charge in [-0.15, -0.1) is 12.4 Å². The molecule has 0 radical (unpaired) electrons. The fourth-order valence-electron chi connectivity index (χ4n) is 3.95. The van der Waals surface area contributed by atoms with Crippen LogP contribution in [0.2, 0.25) is 0 Å². The molecule has 2 aliphatic heterocycles. The lowest BCUT2D eigenvalue weighted by molar-refractivity contribution is -0.142. The van der Waals surface area contributed by atoms with Crippen LogP contribution >= 0.6 is 12.4 Å². The molecular weight excluding hydrogens is 366 g/mol. The number of carbonyl (C=O) groups is 1. The lowest BCUT2D eigenvalue weighted by Gasteiger charge is -2.33. The Balaban J connectivity index is 0.00000261. The van der Waals surface area contributed by atoms with Crippen molar-refractivity contribution in [2.24, 2.45) is 17.3 Å². The lowest BCUT2D eigenvalue weighted by Crippen LogP contribution is -2.46. The zero-order valence-electron chi connectivity index (χ0n) is 16.1. The average Bonchev–Trinajstić information content (AvgIpc) is 3.05. The van der Waals surface area contributed by atoms with Crippen LogP contribution in [-0.4, -0.2) is 53.1 Å². The van der Waals surface area contributed by atoms with Gasteiger partial charge in [0, 0.05) is 44.5 Å². The topological polar surface area (TPSA) is 91.1 Å². The van der Waals surface area contributed by atoms with Crippen molar-refractivity contribution in [2.45, 2.75) is 39.7 Å². The largest absolute Gasteiger partial charge is 0.381 e. The average molecular weight is 394 g/mol. The minimum absolute atomic E-state index is 0. The van der Waals surface area contributed by atoms with Gasteiger partial charge in [-0.25, -0.2) is 9.97 Å². The van der Waals surface area contributed by atoms with Crippen LogP contribution in [-0.2, 0) is 9.53 Å². The molecule has 0 unspecified atom stereocenters. The molecule has 0 saturated carbocycles. The molecule has 27 heavy (non-hydrogen) atoms. The minimum atomic E-state index is -0.930. The van der Waals surface area contributed by atoms with E-state index in [1.54, 1.807) is 6.20 Å². The number of halogens is 1. The SMILES string of the molecule is Cc1nccc(N[C@H]2CN(C(=O)C3(C#N)CCOCC3)C[C@@H]2C(C)C)n1.Cl. The summed E-state index contributed by atoms with van der Waals surface area (Å²) in [6.07, 6.45) is 2.70. The van der Waals surface area contributed by atoms with Gasteiger partial charge in [-0.1, -0.05) is 13.8 Å². The second-order valence-electron chi connectivity index (χ2n) is 7.66. The number of nitrogens with one attached hydrogen (secondary N) is 1. The van der Waals surface area contributed by atoms with Gasteiger partial charge in [0.15, 0.2) is 0 Å². The fraction of sp³-hybridized carbons (Fsp3) is 0.684. The smallest absolute Gasteiger partial charge is 0.243 e. The normalized spacial score (nSPS) is 24.2. The molecule has 0 aromatic carbocycles. The van der Waals surface area contributed by atoms with E-state index in [2.05, 4.69) is 35.2 Å². The van der Waals surface area contributed by atoms with E-state index in [0.717, 1.165) is 5.82 Å². The first-order chi connectivity index (χ1) is 12.4. The van der Waals surface area contributed by atoms with Crippen molar-refractivity contribution < 1.29 is 9.53 Å². The van der Waals surface area contributed by atoms with E-state index in [1.807, 2.05) is 17.9 Å². The van der Waals surface area contributed by atoms with E-state index in [9.17, 15) is 10.1 Å². The van der Waals surface area contributed by atoms with Gasteiger partial charge in [-0.3, -0.25) is 4.79 Å². The zero-order chi connectivity index (χ0) is 18.7. The number of nitrogens with zero attached hydrogens (tertiary/aromatic N) is 4. The van der Waals surface area contributed by atoms with Gasteiger partial charge in [0.05, 0.1) is 6.07 Å². The number of aromatic nitrogens is 2. The highest BCUT2D eigenvalue weighted by atomic mass is 35.5. The standard InChI is InChI=1S/C19H27N5O2.ClH/c1-13(2)15-10-24(18(25)19(12-20)5-8-26-9-6-19)11-16(15)23-17-4-7-21-14(3)22-17;/h4,7,13,15-16H,5-6,8-11H2,1-3H3,(H,21,22,23);1H/t15-,16+;/m1./s1. The summed E-state index contributed by atoms with van der Waals surface area (Å²) in [5, 5.41) is 13.2. The van der Waals surface area contributed by atoms with Crippen LogP contribution in [0.1, 0.15) is 32.5 Å². The first kappa shape index (κ1) is 21.4. The predicted octanol–water partition coefficient (Wildman–Crippen LogP) is 2.42. The van der Waals surface area contributed by atoms with Crippen molar-refractivity contribution in [3.05, 3.63) is 18.1 Å². The molecule has 2 fully saturated rings. The number of amides is 1. The molecule has 0 aliphatic carbocycles. The van der Waals surface area contributed by atoms with E-state index in [-0.39, 0.29) is 24.4 Å². The quantitative estimate of drug-likeness (QED) is 0.844. The molecule has 2 saturated heterocycles. The minimum Gasteiger partial charge on any atom is -0.381 e.